The normalized spacial score (nSPS) is 14.8. The van der Waals surface area contributed by atoms with Crippen LogP contribution in [0, 0.1) is 0 Å². The lowest BCUT2D eigenvalue weighted by atomic mass is 10.0. The Kier molecular flexibility index (Phi) is 11.0. The fourth-order valence-electron chi connectivity index (χ4n) is 1.97. The van der Waals surface area contributed by atoms with Crippen LogP contribution in [-0.4, -0.2) is 19.0 Å². The summed E-state index contributed by atoms with van der Waals surface area (Å²) in [5.74, 6) is -0.296. The van der Waals surface area contributed by atoms with Gasteiger partial charge in [-0.1, -0.05) is 47.0 Å². The smallest absolute Gasteiger partial charge is 0.168 e. The van der Waals surface area contributed by atoms with Gasteiger partial charge in [-0.25, -0.2) is 0 Å². The second-order valence-corrected chi connectivity index (χ2v) is 4.81. The first-order valence-corrected chi connectivity index (χ1v) is 7.52. The predicted molar refractivity (Wildman–Crippen MR) is 74.3 cm³/mol. The van der Waals surface area contributed by atoms with Crippen molar-refractivity contribution in [1.29, 1.82) is 0 Å². The summed E-state index contributed by atoms with van der Waals surface area (Å²) >= 11 is 0. The van der Waals surface area contributed by atoms with Crippen molar-refractivity contribution in [3.05, 3.63) is 0 Å². The van der Waals surface area contributed by atoms with Gasteiger partial charge < -0.3 is 9.47 Å². The Morgan fingerprint density at radius 1 is 0.647 bits per heavy atom. The quantitative estimate of drug-likeness (QED) is 0.358. The van der Waals surface area contributed by atoms with Gasteiger partial charge >= 0.3 is 0 Å². The first kappa shape index (κ1) is 16.9. The Balaban J connectivity index is 4.32. The molecular formula is C15H32O2. The minimum Gasteiger partial charge on any atom is -0.350 e. The Labute approximate surface area is 108 Å². The number of rotatable bonds is 12. The van der Waals surface area contributed by atoms with Crippen LogP contribution in [0.15, 0.2) is 0 Å². The molecule has 0 aliphatic rings. The third-order valence-electron chi connectivity index (χ3n) is 2.97. The average molecular weight is 244 g/mol. The van der Waals surface area contributed by atoms with Crippen molar-refractivity contribution < 1.29 is 9.47 Å². The van der Waals surface area contributed by atoms with Crippen molar-refractivity contribution in [1.82, 2.24) is 0 Å². The predicted octanol–water partition coefficient (Wildman–Crippen LogP) is 4.92. The van der Waals surface area contributed by atoms with E-state index in [9.17, 15) is 0 Å². The minimum absolute atomic E-state index is 0.296. The van der Waals surface area contributed by atoms with Crippen LogP contribution in [0.5, 0.6) is 0 Å². The van der Waals surface area contributed by atoms with Crippen LogP contribution in [0.4, 0.5) is 0 Å². The summed E-state index contributed by atoms with van der Waals surface area (Å²) in [6.45, 7) is 10.4. The highest BCUT2D eigenvalue weighted by Gasteiger charge is 2.29. The summed E-state index contributed by atoms with van der Waals surface area (Å²) in [6, 6.07) is 0. The Hall–Kier alpha value is -0.0800. The van der Waals surface area contributed by atoms with E-state index in [0.29, 0.717) is 0 Å². The second kappa shape index (κ2) is 11.0. The van der Waals surface area contributed by atoms with Crippen molar-refractivity contribution in [2.75, 3.05) is 13.2 Å². The molecule has 0 aliphatic heterocycles. The zero-order chi connectivity index (χ0) is 13.0. The van der Waals surface area contributed by atoms with Gasteiger partial charge in [0.25, 0.3) is 0 Å². The van der Waals surface area contributed by atoms with E-state index in [-0.39, 0.29) is 5.79 Å². The number of hydrogen-bond donors (Lipinski definition) is 0. The highest BCUT2D eigenvalue weighted by atomic mass is 16.7. The van der Waals surface area contributed by atoms with E-state index < -0.39 is 0 Å². The molecule has 0 N–H and O–H groups in total. The van der Waals surface area contributed by atoms with Gasteiger partial charge in [-0.2, -0.15) is 0 Å². The molecule has 1 atom stereocenters. The van der Waals surface area contributed by atoms with Gasteiger partial charge in [0.15, 0.2) is 5.79 Å². The topological polar surface area (TPSA) is 18.5 Å². The van der Waals surface area contributed by atoms with Gasteiger partial charge in [-0.15, -0.1) is 0 Å². The molecule has 0 spiro atoms. The van der Waals surface area contributed by atoms with Crippen LogP contribution in [0.1, 0.15) is 79.1 Å². The lowest BCUT2D eigenvalue weighted by Crippen LogP contribution is -2.36. The van der Waals surface area contributed by atoms with E-state index in [1.807, 2.05) is 0 Å². The molecule has 0 heterocycles. The Morgan fingerprint density at radius 2 is 1.29 bits per heavy atom. The molecule has 2 heteroatoms. The van der Waals surface area contributed by atoms with Crippen LogP contribution in [0.25, 0.3) is 0 Å². The lowest BCUT2D eigenvalue weighted by Gasteiger charge is -2.34. The summed E-state index contributed by atoms with van der Waals surface area (Å²) in [5.41, 5.74) is 0. The maximum absolute atomic E-state index is 6.09. The van der Waals surface area contributed by atoms with E-state index in [1.165, 1.54) is 19.3 Å². The standard InChI is InChI=1S/C15H32O2/c1-5-9-12-15(11-7-3,16-13-8-4)17-14-10-6-2/h5-14H2,1-4H3. The van der Waals surface area contributed by atoms with Crippen LogP contribution >= 0.6 is 0 Å². The van der Waals surface area contributed by atoms with Crippen molar-refractivity contribution >= 4 is 0 Å². The molecule has 0 bridgehead atoms. The second-order valence-electron chi connectivity index (χ2n) is 4.81. The molecule has 104 valence electrons. The SMILES string of the molecule is CCCCOC(CCC)(CCCC)OCCC. The molecule has 2 nitrogen and oxygen atoms in total. The highest BCUT2D eigenvalue weighted by molar-refractivity contribution is 4.70. The fourth-order valence-corrected chi connectivity index (χ4v) is 1.97. The van der Waals surface area contributed by atoms with Crippen LogP contribution < -0.4 is 0 Å². The average Bonchev–Trinajstić information content (AvgIpc) is 2.34. The molecule has 0 amide bonds. The molecule has 0 aliphatic carbocycles. The van der Waals surface area contributed by atoms with Gasteiger partial charge in [0.05, 0.1) is 6.61 Å². The fraction of sp³-hybridized carbons (Fsp3) is 1.00. The number of hydrogen-bond acceptors (Lipinski definition) is 2. The maximum Gasteiger partial charge on any atom is 0.168 e. The van der Waals surface area contributed by atoms with E-state index in [1.54, 1.807) is 0 Å². The molecule has 0 aromatic heterocycles. The highest BCUT2D eigenvalue weighted by Crippen LogP contribution is 2.27. The van der Waals surface area contributed by atoms with Gasteiger partial charge in [0, 0.05) is 19.4 Å². The molecular weight excluding hydrogens is 212 g/mol. The third-order valence-corrected chi connectivity index (χ3v) is 2.97. The molecule has 0 saturated carbocycles. The molecule has 0 saturated heterocycles. The minimum atomic E-state index is -0.296. The van der Waals surface area contributed by atoms with E-state index in [4.69, 9.17) is 9.47 Å². The van der Waals surface area contributed by atoms with Crippen LogP contribution in [-0.2, 0) is 9.47 Å². The first-order chi connectivity index (χ1) is 8.24. The monoisotopic (exact) mass is 244 g/mol. The summed E-state index contributed by atoms with van der Waals surface area (Å²) in [4.78, 5) is 0. The molecule has 0 aromatic carbocycles. The summed E-state index contributed by atoms with van der Waals surface area (Å²) < 4.78 is 12.1. The molecule has 0 rings (SSSR count). The van der Waals surface area contributed by atoms with E-state index in [2.05, 4.69) is 27.7 Å². The lowest BCUT2D eigenvalue weighted by molar-refractivity contribution is -0.246. The third kappa shape index (κ3) is 7.77. The van der Waals surface area contributed by atoms with Gasteiger partial charge in [-0.05, 0) is 19.3 Å². The van der Waals surface area contributed by atoms with E-state index >= 15 is 0 Å². The zero-order valence-electron chi connectivity index (χ0n) is 12.4. The van der Waals surface area contributed by atoms with Crippen molar-refractivity contribution in [2.45, 2.75) is 84.8 Å². The molecule has 17 heavy (non-hydrogen) atoms. The molecule has 0 fully saturated rings. The van der Waals surface area contributed by atoms with Gasteiger partial charge in [-0.3, -0.25) is 0 Å². The van der Waals surface area contributed by atoms with Crippen molar-refractivity contribution in [2.24, 2.45) is 0 Å². The largest absolute Gasteiger partial charge is 0.350 e. The van der Waals surface area contributed by atoms with Crippen LogP contribution in [0.2, 0.25) is 0 Å². The maximum atomic E-state index is 6.09. The summed E-state index contributed by atoms with van der Waals surface area (Å²) in [6.07, 6.45) is 8.97. The van der Waals surface area contributed by atoms with Crippen molar-refractivity contribution in [3.8, 4) is 0 Å². The van der Waals surface area contributed by atoms with Crippen molar-refractivity contribution in [3.63, 3.8) is 0 Å². The van der Waals surface area contributed by atoms with Crippen LogP contribution in [0.3, 0.4) is 0 Å². The molecule has 1 unspecified atom stereocenters. The number of ether oxygens (including phenoxy) is 2. The summed E-state index contributed by atoms with van der Waals surface area (Å²) in [5, 5.41) is 0. The summed E-state index contributed by atoms with van der Waals surface area (Å²) in [7, 11) is 0. The Bertz CT molecular complexity index is 149. The van der Waals surface area contributed by atoms with Gasteiger partial charge in [0.2, 0.25) is 0 Å². The number of unbranched alkanes of at least 4 members (excludes halogenated alkanes) is 2. The van der Waals surface area contributed by atoms with Gasteiger partial charge in [0.1, 0.15) is 0 Å². The van der Waals surface area contributed by atoms with E-state index in [0.717, 1.165) is 45.3 Å². The zero-order valence-corrected chi connectivity index (χ0v) is 12.4. The molecule has 0 radical (unpaired) electrons. The Morgan fingerprint density at radius 3 is 1.82 bits per heavy atom. The molecule has 0 aromatic rings. The first-order valence-electron chi connectivity index (χ1n) is 7.52.